The minimum Gasteiger partial charge on any atom is -0.480 e. The Hall–Kier alpha value is -5.20. The van der Waals surface area contributed by atoms with Crippen LogP contribution in [0.25, 0.3) is 33.2 Å². The van der Waals surface area contributed by atoms with Crippen molar-refractivity contribution in [3.63, 3.8) is 0 Å². The number of hydrogen-bond donors (Lipinski definition) is 2. The summed E-state index contributed by atoms with van der Waals surface area (Å²) in [6, 6.07) is 13.8. The van der Waals surface area contributed by atoms with Gasteiger partial charge in [0.25, 0.3) is 0 Å². The van der Waals surface area contributed by atoms with Crippen LogP contribution in [0, 0.1) is 12.8 Å². The third-order valence-electron chi connectivity index (χ3n) is 7.22. The molecule has 6 rings (SSSR count). The van der Waals surface area contributed by atoms with E-state index in [1.54, 1.807) is 42.2 Å². The summed E-state index contributed by atoms with van der Waals surface area (Å²) in [5.74, 6) is -1.23. The van der Waals surface area contributed by atoms with Crippen molar-refractivity contribution in [1.82, 2.24) is 15.0 Å². The number of nitrogens with zero attached hydrogens (tertiary/aromatic N) is 4. The van der Waals surface area contributed by atoms with Gasteiger partial charge in [-0.05, 0) is 55.2 Å². The predicted octanol–water partition coefficient (Wildman–Crippen LogP) is 5.95. The van der Waals surface area contributed by atoms with Crippen molar-refractivity contribution < 1.29 is 37.0 Å². The number of fused-ring (bicyclic) bond motifs is 3. The number of halogens is 3. The zero-order valence-corrected chi connectivity index (χ0v) is 22.6. The first kappa shape index (κ1) is 27.9. The molecule has 2 aromatic carbocycles. The third-order valence-corrected chi connectivity index (χ3v) is 7.22. The Balaban J connectivity index is 1.17. The van der Waals surface area contributed by atoms with Crippen LogP contribution >= 0.6 is 0 Å². The monoisotopic (exact) mass is 591 g/mol. The second-order valence-corrected chi connectivity index (χ2v) is 10.2. The number of alkyl halides is 3. The Bertz CT molecular complexity index is 1840. The van der Waals surface area contributed by atoms with E-state index in [0.29, 0.717) is 39.6 Å². The molecule has 1 aliphatic heterocycles. The number of carboxylic acids is 1. The highest BCUT2D eigenvalue weighted by atomic mass is 19.4. The molecular weight excluding hydrogens is 567 g/mol. The van der Waals surface area contributed by atoms with Gasteiger partial charge >= 0.3 is 12.3 Å². The van der Waals surface area contributed by atoms with E-state index in [1.807, 2.05) is 18.2 Å². The molecular formula is C30H24F3N5O5. The fourth-order valence-electron chi connectivity index (χ4n) is 5.44. The van der Waals surface area contributed by atoms with Crippen LogP contribution in [0.3, 0.4) is 0 Å². The van der Waals surface area contributed by atoms with E-state index < -0.39 is 24.1 Å². The maximum atomic E-state index is 13.0. The summed E-state index contributed by atoms with van der Waals surface area (Å²) in [6.45, 7) is 1.99. The van der Waals surface area contributed by atoms with Gasteiger partial charge in [0, 0.05) is 42.0 Å². The number of carboxylic acid groups (broad SMARTS) is 1. The average Bonchev–Trinajstić information content (AvgIpc) is 3.54. The topological polar surface area (TPSA) is 131 Å². The number of ether oxygens (including phenoxy) is 1. The standard InChI is InChI=1S/C30H24F3N5O5/c1-16-35-26-20-4-2-3-5-23(20)42-27(26)28(36-16)38-15-17(12-22(38)29(40)41)13-25(39)37-19-8-6-18(7-9-19)21-14-34-11-10-24(21)43-30(31,32)33/h2-11,14,17,22H,12-13,15H2,1H3,(H,37,39)(H,40,41)/t17-,22+/m1/s1. The minimum atomic E-state index is -4.86. The van der Waals surface area contributed by atoms with Gasteiger partial charge in [0.05, 0.1) is 0 Å². The maximum absolute atomic E-state index is 13.0. The van der Waals surface area contributed by atoms with Crippen LogP contribution in [0.4, 0.5) is 24.7 Å². The number of carbonyl (C=O) groups excluding carboxylic acids is 1. The summed E-state index contributed by atoms with van der Waals surface area (Å²) in [5.41, 5.74) is 2.58. The van der Waals surface area contributed by atoms with Crippen molar-refractivity contribution in [3.8, 4) is 16.9 Å². The molecule has 5 aromatic rings. The Morgan fingerprint density at radius 3 is 2.63 bits per heavy atom. The number of aromatic nitrogens is 3. The SMILES string of the molecule is Cc1nc(N2C[C@@H](CC(=O)Nc3ccc(-c4cnccc4OC(F)(F)F)cc3)C[C@H]2C(=O)O)c2oc3ccccc3c2n1. The minimum absolute atomic E-state index is 0.0432. The number of nitrogens with one attached hydrogen (secondary N) is 1. The molecule has 0 bridgehead atoms. The molecule has 43 heavy (non-hydrogen) atoms. The summed E-state index contributed by atoms with van der Waals surface area (Å²) in [4.78, 5) is 39.8. The molecule has 0 radical (unpaired) electrons. The van der Waals surface area contributed by atoms with Crippen LogP contribution in [0.1, 0.15) is 18.7 Å². The zero-order chi connectivity index (χ0) is 30.3. The number of aliphatic carboxylic acids is 1. The first-order valence-electron chi connectivity index (χ1n) is 13.3. The molecule has 0 unspecified atom stereocenters. The van der Waals surface area contributed by atoms with Crippen molar-refractivity contribution in [1.29, 1.82) is 0 Å². The Morgan fingerprint density at radius 1 is 1.12 bits per heavy atom. The Kier molecular flexibility index (Phi) is 7.08. The summed E-state index contributed by atoms with van der Waals surface area (Å²) in [5, 5.41) is 13.6. The number of furan rings is 1. The lowest BCUT2D eigenvalue weighted by molar-refractivity contribution is -0.274. The highest BCUT2D eigenvalue weighted by molar-refractivity contribution is 6.06. The second kappa shape index (κ2) is 10.9. The summed E-state index contributed by atoms with van der Waals surface area (Å²) < 4.78 is 48.5. The molecule has 4 heterocycles. The molecule has 2 N–H and O–H groups in total. The third kappa shape index (κ3) is 5.78. The molecule has 10 nitrogen and oxygen atoms in total. The molecule has 220 valence electrons. The predicted molar refractivity (Wildman–Crippen MR) is 151 cm³/mol. The molecule has 1 aliphatic rings. The number of para-hydroxylation sites is 1. The molecule has 0 aliphatic carbocycles. The van der Waals surface area contributed by atoms with Gasteiger partial charge in [-0.1, -0.05) is 24.3 Å². The number of rotatable bonds is 7. The second-order valence-electron chi connectivity index (χ2n) is 10.2. The molecule has 0 saturated carbocycles. The first-order chi connectivity index (χ1) is 20.6. The number of pyridine rings is 1. The lowest BCUT2D eigenvalue weighted by Gasteiger charge is -2.22. The Morgan fingerprint density at radius 2 is 1.88 bits per heavy atom. The lowest BCUT2D eigenvalue weighted by Crippen LogP contribution is -2.36. The molecule has 1 amide bonds. The number of carbonyl (C=O) groups is 2. The van der Waals surface area contributed by atoms with E-state index in [9.17, 15) is 27.9 Å². The van der Waals surface area contributed by atoms with E-state index in [2.05, 4.69) is 25.0 Å². The van der Waals surface area contributed by atoms with Gasteiger partial charge in [-0.3, -0.25) is 9.78 Å². The fourth-order valence-corrected chi connectivity index (χ4v) is 5.44. The largest absolute Gasteiger partial charge is 0.573 e. The maximum Gasteiger partial charge on any atom is 0.573 e. The molecule has 0 spiro atoms. The van der Waals surface area contributed by atoms with Gasteiger partial charge < -0.3 is 24.5 Å². The Labute approximate surface area is 242 Å². The van der Waals surface area contributed by atoms with Gasteiger partial charge in [-0.15, -0.1) is 13.2 Å². The van der Waals surface area contributed by atoms with Crippen molar-refractivity contribution in [3.05, 3.63) is 72.8 Å². The molecule has 2 atom stereocenters. The number of benzene rings is 2. The molecule has 1 fully saturated rings. The van der Waals surface area contributed by atoms with Crippen molar-refractivity contribution in [2.45, 2.75) is 32.2 Å². The fraction of sp³-hybridized carbons (Fsp3) is 0.233. The van der Waals surface area contributed by atoms with Gasteiger partial charge in [0.2, 0.25) is 5.91 Å². The normalized spacial score (nSPS) is 17.0. The van der Waals surface area contributed by atoms with Gasteiger partial charge in [-0.2, -0.15) is 0 Å². The van der Waals surface area contributed by atoms with Gasteiger partial charge in [0.15, 0.2) is 11.4 Å². The van der Waals surface area contributed by atoms with Crippen LogP contribution in [-0.2, 0) is 9.59 Å². The number of hydrogen-bond acceptors (Lipinski definition) is 8. The first-order valence-corrected chi connectivity index (χ1v) is 13.3. The zero-order valence-electron chi connectivity index (χ0n) is 22.6. The van der Waals surface area contributed by atoms with Gasteiger partial charge in [-0.25, -0.2) is 14.8 Å². The highest BCUT2D eigenvalue weighted by Gasteiger charge is 2.40. The van der Waals surface area contributed by atoms with Crippen molar-refractivity contribution in [2.75, 3.05) is 16.8 Å². The van der Waals surface area contributed by atoms with E-state index in [4.69, 9.17) is 4.42 Å². The van der Waals surface area contributed by atoms with Crippen molar-refractivity contribution >= 4 is 45.5 Å². The molecule has 3 aromatic heterocycles. The number of amides is 1. The van der Waals surface area contributed by atoms with Crippen LogP contribution in [0.15, 0.2) is 71.4 Å². The van der Waals surface area contributed by atoms with Crippen LogP contribution in [-0.4, -0.2) is 50.9 Å². The van der Waals surface area contributed by atoms with E-state index in [0.717, 1.165) is 11.5 Å². The average molecular weight is 592 g/mol. The van der Waals surface area contributed by atoms with E-state index >= 15 is 0 Å². The van der Waals surface area contributed by atoms with E-state index in [-0.39, 0.29) is 36.8 Å². The summed E-state index contributed by atoms with van der Waals surface area (Å²) in [7, 11) is 0. The summed E-state index contributed by atoms with van der Waals surface area (Å²) in [6.07, 6.45) is -2.14. The highest BCUT2D eigenvalue weighted by Crippen LogP contribution is 2.38. The molecule has 13 heteroatoms. The molecule has 1 saturated heterocycles. The van der Waals surface area contributed by atoms with Crippen molar-refractivity contribution in [2.24, 2.45) is 5.92 Å². The summed E-state index contributed by atoms with van der Waals surface area (Å²) >= 11 is 0. The quantitative estimate of drug-likeness (QED) is 0.236. The van der Waals surface area contributed by atoms with Crippen LogP contribution in [0.2, 0.25) is 0 Å². The van der Waals surface area contributed by atoms with Crippen LogP contribution < -0.4 is 15.0 Å². The van der Waals surface area contributed by atoms with Crippen LogP contribution in [0.5, 0.6) is 5.75 Å². The number of aryl methyl sites for hydroxylation is 1. The lowest BCUT2D eigenvalue weighted by atomic mass is 10.0. The number of anilines is 2. The van der Waals surface area contributed by atoms with Gasteiger partial charge in [0.1, 0.15) is 28.7 Å². The van der Waals surface area contributed by atoms with E-state index in [1.165, 1.54) is 12.4 Å². The smallest absolute Gasteiger partial charge is 0.480 e.